The zero-order valence-electron chi connectivity index (χ0n) is 15.7. The monoisotopic (exact) mass is 343 g/mol. The molecule has 0 spiro atoms. The number of nitrogens with one attached hydrogen (secondary N) is 1. The number of aryl methyl sites for hydroxylation is 1. The average Bonchev–Trinajstić information content (AvgIpc) is 3.10. The maximum atomic E-state index is 9.80. The Hall–Kier alpha value is -1.64. The van der Waals surface area contributed by atoms with Crippen LogP contribution in [0.25, 0.3) is 0 Å². The van der Waals surface area contributed by atoms with E-state index in [9.17, 15) is 5.26 Å². The highest BCUT2D eigenvalue weighted by Crippen LogP contribution is 2.34. The SMILES string of the molecule is CCCCc1nc(NC[C@H]2CCCO2)c(C#N)c2c1COC(C)(C)C2. The molecule has 2 aliphatic heterocycles. The van der Waals surface area contributed by atoms with Crippen molar-refractivity contribution in [2.45, 2.75) is 77.6 Å². The molecular weight excluding hydrogens is 314 g/mol. The number of hydrogen-bond donors (Lipinski definition) is 1. The third-order valence-corrected chi connectivity index (χ3v) is 5.11. The lowest BCUT2D eigenvalue weighted by molar-refractivity contribution is -0.0407. The Morgan fingerprint density at radius 3 is 2.88 bits per heavy atom. The van der Waals surface area contributed by atoms with Crippen LogP contribution in [0.4, 0.5) is 5.82 Å². The van der Waals surface area contributed by atoms with Crippen molar-refractivity contribution in [2.75, 3.05) is 18.5 Å². The Balaban J connectivity index is 1.93. The molecule has 2 aliphatic rings. The number of ether oxygens (including phenoxy) is 2. The summed E-state index contributed by atoms with van der Waals surface area (Å²) < 4.78 is 11.7. The van der Waals surface area contributed by atoms with E-state index in [1.54, 1.807) is 0 Å². The lowest BCUT2D eigenvalue weighted by Gasteiger charge is -2.34. The van der Waals surface area contributed by atoms with Gasteiger partial charge in [-0.25, -0.2) is 4.98 Å². The summed E-state index contributed by atoms with van der Waals surface area (Å²) in [5, 5.41) is 13.2. The highest BCUT2D eigenvalue weighted by atomic mass is 16.5. The fraction of sp³-hybridized carbons (Fsp3) is 0.700. The number of aromatic nitrogens is 1. The summed E-state index contributed by atoms with van der Waals surface area (Å²) in [6.45, 7) is 8.46. The van der Waals surface area contributed by atoms with Gasteiger partial charge in [0.2, 0.25) is 0 Å². The summed E-state index contributed by atoms with van der Waals surface area (Å²) in [7, 11) is 0. The molecule has 0 aliphatic carbocycles. The maximum absolute atomic E-state index is 9.80. The van der Waals surface area contributed by atoms with E-state index in [0.717, 1.165) is 67.8 Å². The van der Waals surface area contributed by atoms with Crippen LogP contribution in [0.5, 0.6) is 0 Å². The number of anilines is 1. The van der Waals surface area contributed by atoms with Crippen LogP contribution < -0.4 is 5.32 Å². The molecule has 1 N–H and O–H groups in total. The van der Waals surface area contributed by atoms with Crippen LogP contribution in [0.1, 0.15) is 68.8 Å². The summed E-state index contributed by atoms with van der Waals surface area (Å²) >= 11 is 0. The summed E-state index contributed by atoms with van der Waals surface area (Å²) in [6.07, 6.45) is 6.32. The molecule has 0 amide bonds. The van der Waals surface area contributed by atoms with Gasteiger partial charge in [-0.2, -0.15) is 5.26 Å². The number of fused-ring (bicyclic) bond motifs is 1. The first-order valence-electron chi connectivity index (χ1n) is 9.48. The first-order valence-corrected chi connectivity index (χ1v) is 9.48. The molecule has 0 bridgehead atoms. The van der Waals surface area contributed by atoms with E-state index < -0.39 is 0 Å². The molecule has 1 aromatic heterocycles. The molecule has 0 unspecified atom stereocenters. The fourth-order valence-corrected chi connectivity index (χ4v) is 3.65. The van der Waals surface area contributed by atoms with Crippen molar-refractivity contribution in [1.82, 2.24) is 4.98 Å². The summed E-state index contributed by atoms with van der Waals surface area (Å²) in [4.78, 5) is 4.83. The van der Waals surface area contributed by atoms with Gasteiger partial charge in [-0.05, 0) is 45.1 Å². The molecule has 1 fully saturated rings. The van der Waals surface area contributed by atoms with Crippen LogP contribution in [0.15, 0.2) is 0 Å². The van der Waals surface area contributed by atoms with Crippen LogP contribution in [-0.4, -0.2) is 29.8 Å². The number of nitrogens with zero attached hydrogens (tertiary/aromatic N) is 2. The van der Waals surface area contributed by atoms with Gasteiger partial charge >= 0.3 is 0 Å². The van der Waals surface area contributed by atoms with Crippen LogP contribution in [0.2, 0.25) is 0 Å². The Kier molecular flexibility index (Phi) is 5.61. The van der Waals surface area contributed by atoms with Crippen molar-refractivity contribution in [2.24, 2.45) is 0 Å². The Morgan fingerprint density at radius 1 is 1.36 bits per heavy atom. The van der Waals surface area contributed by atoms with E-state index >= 15 is 0 Å². The van der Waals surface area contributed by atoms with Crippen molar-refractivity contribution in [3.8, 4) is 6.07 Å². The van der Waals surface area contributed by atoms with Gasteiger partial charge < -0.3 is 14.8 Å². The minimum atomic E-state index is -0.242. The second-order valence-electron chi connectivity index (χ2n) is 7.70. The molecule has 5 nitrogen and oxygen atoms in total. The molecule has 0 radical (unpaired) electrons. The number of rotatable bonds is 6. The van der Waals surface area contributed by atoms with Crippen LogP contribution >= 0.6 is 0 Å². The predicted molar refractivity (Wildman–Crippen MR) is 97.6 cm³/mol. The van der Waals surface area contributed by atoms with Crippen LogP contribution in [0.3, 0.4) is 0 Å². The number of unbranched alkanes of at least 4 members (excludes halogenated alkanes) is 1. The van der Waals surface area contributed by atoms with E-state index in [1.165, 1.54) is 0 Å². The average molecular weight is 343 g/mol. The highest BCUT2D eigenvalue weighted by molar-refractivity contribution is 5.60. The molecule has 0 saturated carbocycles. The van der Waals surface area contributed by atoms with Crippen LogP contribution in [-0.2, 0) is 28.9 Å². The molecule has 25 heavy (non-hydrogen) atoms. The Labute approximate surface area is 150 Å². The third kappa shape index (κ3) is 4.13. The van der Waals surface area contributed by atoms with E-state index in [0.29, 0.717) is 18.7 Å². The van der Waals surface area contributed by atoms with Crippen molar-refractivity contribution in [1.29, 1.82) is 5.26 Å². The Morgan fingerprint density at radius 2 is 2.20 bits per heavy atom. The predicted octanol–water partition coefficient (Wildman–Crippen LogP) is 3.74. The molecule has 3 rings (SSSR count). The fourth-order valence-electron chi connectivity index (χ4n) is 3.65. The van der Waals surface area contributed by atoms with Gasteiger partial charge in [0.25, 0.3) is 0 Å². The van der Waals surface area contributed by atoms with E-state index in [2.05, 4.69) is 32.2 Å². The lowest BCUT2D eigenvalue weighted by atomic mass is 9.87. The zero-order chi connectivity index (χ0) is 17.9. The van der Waals surface area contributed by atoms with E-state index in [-0.39, 0.29) is 11.7 Å². The van der Waals surface area contributed by atoms with E-state index in [1.807, 2.05) is 0 Å². The van der Waals surface area contributed by atoms with Crippen molar-refractivity contribution in [3.05, 3.63) is 22.4 Å². The number of pyridine rings is 1. The molecular formula is C20H29N3O2. The lowest BCUT2D eigenvalue weighted by Crippen LogP contribution is -2.34. The topological polar surface area (TPSA) is 67.2 Å². The van der Waals surface area contributed by atoms with Gasteiger partial charge in [-0.15, -0.1) is 0 Å². The number of hydrogen-bond acceptors (Lipinski definition) is 5. The zero-order valence-corrected chi connectivity index (χ0v) is 15.7. The van der Waals surface area contributed by atoms with Gasteiger partial charge in [-0.3, -0.25) is 0 Å². The second kappa shape index (κ2) is 7.72. The minimum absolute atomic E-state index is 0.225. The minimum Gasteiger partial charge on any atom is -0.376 e. The molecule has 136 valence electrons. The number of nitriles is 1. The summed E-state index contributed by atoms with van der Waals surface area (Å²) in [5.74, 6) is 0.723. The first-order chi connectivity index (χ1) is 12.0. The van der Waals surface area contributed by atoms with Gasteiger partial charge in [-0.1, -0.05) is 13.3 Å². The van der Waals surface area contributed by atoms with E-state index in [4.69, 9.17) is 14.5 Å². The Bertz CT molecular complexity index is 658. The van der Waals surface area contributed by atoms with Gasteiger partial charge in [0, 0.05) is 30.8 Å². The quantitative estimate of drug-likeness (QED) is 0.852. The largest absolute Gasteiger partial charge is 0.376 e. The van der Waals surface area contributed by atoms with Gasteiger partial charge in [0.1, 0.15) is 11.9 Å². The third-order valence-electron chi connectivity index (χ3n) is 5.11. The smallest absolute Gasteiger partial charge is 0.144 e. The second-order valence-corrected chi connectivity index (χ2v) is 7.70. The van der Waals surface area contributed by atoms with Crippen molar-refractivity contribution < 1.29 is 9.47 Å². The van der Waals surface area contributed by atoms with Gasteiger partial charge in [0.15, 0.2) is 0 Å². The summed E-state index contributed by atoms with van der Waals surface area (Å²) in [6, 6.07) is 2.40. The molecule has 1 atom stereocenters. The van der Waals surface area contributed by atoms with Crippen molar-refractivity contribution >= 4 is 5.82 Å². The van der Waals surface area contributed by atoms with Crippen LogP contribution in [0, 0.1) is 11.3 Å². The maximum Gasteiger partial charge on any atom is 0.144 e. The van der Waals surface area contributed by atoms with Crippen molar-refractivity contribution in [3.63, 3.8) is 0 Å². The molecule has 1 aromatic rings. The molecule has 1 saturated heterocycles. The van der Waals surface area contributed by atoms with Gasteiger partial charge in [0.05, 0.1) is 23.9 Å². The molecule has 0 aromatic carbocycles. The standard InChI is InChI=1S/C20H29N3O2/c1-4-5-8-18-17-13-25-20(2,3)10-15(17)16(11-21)19(23-18)22-12-14-7-6-9-24-14/h14H,4-10,12-13H2,1-3H3,(H,22,23)/t14-/m1/s1. The highest BCUT2D eigenvalue weighted by Gasteiger charge is 2.31. The summed E-state index contributed by atoms with van der Waals surface area (Å²) in [5.41, 5.74) is 3.78. The molecule has 5 heteroatoms. The molecule has 3 heterocycles. The first kappa shape index (κ1) is 18.2. The normalized spacial score (nSPS) is 21.6.